The molecule has 1 heterocycles. The number of nitrogens with one attached hydrogen (secondary N) is 1. The van der Waals surface area contributed by atoms with Gasteiger partial charge in [-0.25, -0.2) is 0 Å². The monoisotopic (exact) mass is 317 g/mol. The van der Waals surface area contributed by atoms with Gasteiger partial charge in [-0.3, -0.25) is 14.5 Å². The normalized spacial score (nSPS) is 15.5. The predicted octanol–water partition coefficient (Wildman–Crippen LogP) is 2.19. The number of carbonyl (C=O) groups excluding carboxylic acids is 2. The van der Waals surface area contributed by atoms with Gasteiger partial charge in [0.1, 0.15) is 0 Å². The largest absolute Gasteiger partial charge is 0.340 e. The molecule has 1 N–H and O–H groups in total. The maximum atomic E-state index is 12.3. The minimum absolute atomic E-state index is 0.00994. The summed E-state index contributed by atoms with van der Waals surface area (Å²) in [6.07, 6.45) is 1.50. The number of aryl methyl sites for hydroxylation is 2. The number of amides is 2. The van der Waals surface area contributed by atoms with E-state index >= 15 is 0 Å². The molecule has 2 amide bonds. The van der Waals surface area contributed by atoms with Crippen molar-refractivity contribution in [2.24, 2.45) is 0 Å². The fourth-order valence-electron chi connectivity index (χ4n) is 2.92. The summed E-state index contributed by atoms with van der Waals surface area (Å²) in [5.74, 6) is 0.239. The van der Waals surface area contributed by atoms with Crippen molar-refractivity contribution in [2.75, 3.05) is 38.0 Å². The lowest BCUT2D eigenvalue weighted by atomic mass is 10.1. The van der Waals surface area contributed by atoms with Gasteiger partial charge in [0.15, 0.2) is 0 Å². The SMILES string of the molecule is CCCC(=O)N1CCN(CC(=O)Nc2c(C)cccc2C)CC1. The van der Waals surface area contributed by atoms with Crippen LogP contribution in [0.15, 0.2) is 18.2 Å². The van der Waals surface area contributed by atoms with Crippen molar-refractivity contribution in [1.29, 1.82) is 0 Å². The maximum absolute atomic E-state index is 12.3. The van der Waals surface area contributed by atoms with Crippen LogP contribution in [0.3, 0.4) is 0 Å². The van der Waals surface area contributed by atoms with Crippen molar-refractivity contribution in [3.8, 4) is 0 Å². The summed E-state index contributed by atoms with van der Waals surface area (Å²) in [4.78, 5) is 28.2. The molecule has 0 saturated carbocycles. The molecule has 1 aliphatic rings. The molecule has 1 aromatic rings. The summed E-state index contributed by atoms with van der Waals surface area (Å²) in [6.45, 7) is 9.35. The van der Waals surface area contributed by atoms with Crippen LogP contribution in [0.25, 0.3) is 0 Å². The molecule has 1 fully saturated rings. The molecule has 1 aliphatic heterocycles. The first-order valence-corrected chi connectivity index (χ1v) is 8.37. The zero-order chi connectivity index (χ0) is 16.8. The zero-order valence-corrected chi connectivity index (χ0v) is 14.4. The number of anilines is 1. The molecule has 23 heavy (non-hydrogen) atoms. The molecule has 0 radical (unpaired) electrons. The van der Waals surface area contributed by atoms with E-state index in [-0.39, 0.29) is 11.8 Å². The second-order valence-corrected chi connectivity index (χ2v) is 6.22. The summed E-state index contributed by atoms with van der Waals surface area (Å²) in [6, 6.07) is 5.99. The average molecular weight is 317 g/mol. The Balaban J connectivity index is 1.82. The van der Waals surface area contributed by atoms with Gasteiger partial charge in [-0.2, -0.15) is 0 Å². The summed E-state index contributed by atoms with van der Waals surface area (Å²) in [7, 11) is 0. The van der Waals surface area contributed by atoms with Crippen molar-refractivity contribution >= 4 is 17.5 Å². The number of hydrogen-bond acceptors (Lipinski definition) is 3. The molecule has 5 nitrogen and oxygen atoms in total. The van der Waals surface area contributed by atoms with Crippen molar-refractivity contribution in [3.05, 3.63) is 29.3 Å². The van der Waals surface area contributed by atoms with Gasteiger partial charge in [-0.05, 0) is 31.4 Å². The highest BCUT2D eigenvalue weighted by molar-refractivity contribution is 5.93. The molecule has 2 rings (SSSR count). The van der Waals surface area contributed by atoms with Gasteiger partial charge in [0, 0.05) is 38.3 Å². The van der Waals surface area contributed by atoms with Crippen LogP contribution in [0, 0.1) is 13.8 Å². The van der Waals surface area contributed by atoms with Gasteiger partial charge in [0.25, 0.3) is 0 Å². The summed E-state index contributed by atoms with van der Waals surface area (Å²) < 4.78 is 0. The van der Waals surface area contributed by atoms with Gasteiger partial charge in [0.2, 0.25) is 11.8 Å². The summed E-state index contributed by atoms with van der Waals surface area (Å²) in [5, 5.41) is 3.02. The van der Waals surface area contributed by atoms with Crippen LogP contribution in [0.2, 0.25) is 0 Å². The molecule has 5 heteroatoms. The Hall–Kier alpha value is -1.88. The Kier molecular flexibility index (Phi) is 6.16. The van der Waals surface area contributed by atoms with Gasteiger partial charge in [-0.15, -0.1) is 0 Å². The molecule has 1 aromatic carbocycles. The van der Waals surface area contributed by atoms with Crippen LogP contribution in [0.4, 0.5) is 5.69 Å². The number of rotatable bonds is 5. The van der Waals surface area contributed by atoms with Crippen molar-refractivity contribution in [1.82, 2.24) is 9.80 Å². The van der Waals surface area contributed by atoms with E-state index < -0.39 is 0 Å². The Morgan fingerprint density at radius 1 is 1.09 bits per heavy atom. The number of para-hydroxylation sites is 1. The molecule has 0 unspecified atom stereocenters. The van der Waals surface area contributed by atoms with E-state index in [1.165, 1.54) is 0 Å². The third-order valence-corrected chi connectivity index (χ3v) is 4.30. The molecule has 0 atom stereocenters. The lowest BCUT2D eigenvalue weighted by Gasteiger charge is -2.34. The Bertz CT molecular complexity index is 543. The quantitative estimate of drug-likeness (QED) is 0.906. The first kappa shape index (κ1) is 17.5. The van der Waals surface area contributed by atoms with Gasteiger partial charge < -0.3 is 10.2 Å². The van der Waals surface area contributed by atoms with Gasteiger partial charge >= 0.3 is 0 Å². The van der Waals surface area contributed by atoms with E-state index in [2.05, 4.69) is 10.2 Å². The van der Waals surface area contributed by atoms with E-state index in [4.69, 9.17) is 0 Å². The van der Waals surface area contributed by atoms with Gasteiger partial charge in [-0.1, -0.05) is 25.1 Å². The minimum Gasteiger partial charge on any atom is -0.340 e. The van der Waals surface area contributed by atoms with Crippen LogP contribution in [-0.4, -0.2) is 54.3 Å². The molecule has 0 aromatic heterocycles. The number of hydrogen-bond donors (Lipinski definition) is 1. The molecule has 0 bridgehead atoms. The van der Waals surface area contributed by atoms with Crippen molar-refractivity contribution < 1.29 is 9.59 Å². The first-order valence-electron chi connectivity index (χ1n) is 8.37. The molecule has 126 valence electrons. The second-order valence-electron chi connectivity index (χ2n) is 6.22. The Morgan fingerprint density at radius 3 is 2.26 bits per heavy atom. The molecule has 0 spiro atoms. The summed E-state index contributed by atoms with van der Waals surface area (Å²) in [5.41, 5.74) is 3.07. The maximum Gasteiger partial charge on any atom is 0.238 e. The fourth-order valence-corrected chi connectivity index (χ4v) is 2.92. The lowest BCUT2D eigenvalue weighted by molar-refractivity contribution is -0.133. The van der Waals surface area contributed by atoms with E-state index in [1.54, 1.807) is 0 Å². The van der Waals surface area contributed by atoms with E-state index in [0.717, 1.165) is 49.4 Å². The standard InChI is InChI=1S/C18H27N3O2/c1-4-6-17(23)21-11-9-20(10-12-21)13-16(22)19-18-14(2)7-5-8-15(18)3/h5,7-8H,4,6,9-13H2,1-3H3,(H,19,22). The van der Waals surface area contributed by atoms with E-state index in [1.807, 2.05) is 43.9 Å². The Morgan fingerprint density at radius 2 is 1.70 bits per heavy atom. The van der Waals surface area contributed by atoms with Crippen LogP contribution < -0.4 is 5.32 Å². The second kappa shape index (κ2) is 8.11. The van der Waals surface area contributed by atoms with Crippen molar-refractivity contribution in [3.63, 3.8) is 0 Å². The van der Waals surface area contributed by atoms with Gasteiger partial charge in [0.05, 0.1) is 6.54 Å². The third kappa shape index (κ3) is 4.79. The number of piperazine rings is 1. The van der Waals surface area contributed by atoms with E-state index in [9.17, 15) is 9.59 Å². The highest BCUT2D eigenvalue weighted by Gasteiger charge is 2.22. The molecular weight excluding hydrogens is 290 g/mol. The summed E-state index contributed by atoms with van der Waals surface area (Å²) >= 11 is 0. The van der Waals surface area contributed by atoms with Crippen LogP contribution in [-0.2, 0) is 9.59 Å². The minimum atomic E-state index is 0.00994. The number of nitrogens with zero attached hydrogens (tertiary/aromatic N) is 2. The van der Waals surface area contributed by atoms with Crippen LogP contribution in [0.1, 0.15) is 30.9 Å². The topological polar surface area (TPSA) is 52.7 Å². The molecular formula is C18H27N3O2. The van der Waals surface area contributed by atoms with Crippen LogP contribution >= 0.6 is 0 Å². The fraction of sp³-hybridized carbons (Fsp3) is 0.556. The smallest absolute Gasteiger partial charge is 0.238 e. The number of benzene rings is 1. The first-order chi connectivity index (χ1) is 11.0. The highest BCUT2D eigenvalue weighted by Crippen LogP contribution is 2.19. The van der Waals surface area contributed by atoms with Crippen LogP contribution in [0.5, 0.6) is 0 Å². The molecule has 0 aliphatic carbocycles. The zero-order valence-electron chi connectivity index (χ0n) is 14.4. The predicted molar refractivity (Wildman–Crippen MR) is 92.5 cm³/mol. The average Bonchev–Trinajstić information content (AvgIpc) is 2.52. The van der Waals surface area contributed by atoms with E-state index in [0.29, 0.717) is 13.0 Å². The lowest BCUT2D eigenvalue weighted by Crippen LogP contribution is -2.50. The number of carbonyl (C=O) groups is 2. The van der Waals surface area contributed by atoms with Crippen molar-refractivity contribution in [2.45, 2.75) is 33.6 Å². The molecule has 1 saturated heterocycles. The third-order valence-electron chi connectivity index (χ3n) is 4.30. The highest BCUT2D eigenvalue weighted by atomic mass is 16.2. The Labute approximate surface area is 138 Å².